The first kappa shape index (κ1) is 10.1. The minimum atomic E-state index is -0.419. The van der Waals surface area contributed by atoms with Crippen molar-refractivity contribution in [1.29, 1.82) is 0 Å². The molecule has 1 aromatic carbocycles. The Morgan fingerprint density at radius 3 is 2.62 bits per heavy atom. The molecule has 0 atom stereocenters. The van der Waals surface area contributed by atoms with Gasteiger partial charge in [-0.3, -0.25) is 10.4 Å². The van der Waals surface area contributed by atoms with Gasteiger partial charge in [0.15, 0.2) is 0 Å². The van der Waals surface area contributed by atoms with Crippen molar-refractivity contribution in [2.24, 2.45) is 0 Å². The first-order chi connectivity index (χ1) is 6.09. The van der Waals surface area contributed by atoms with E-state index in [1.54, 1.807) is 19.1 Å². The standard InChI is InChI=1S/C9H12F2N2/c1-13(2)12-6-7-5-8(10)3-4-9(7)11/h3-5,12H,6H2,1-2H3. The van der Waals surface area contributed by atoms with E-state index in [-0.39, 0.29) is 6.54 Å². The van der Waals surface area contributed by atoms with Crippen molar-refractivity contribution in [3.8, 4) is 0 Å². The normalized spacial score (nSPS) is 10.8. The fourth-order valence-electron chi connectivity index (χ4n) is 0.922. The predicted molar refractivity (Wildman–Crippen MR) is 46.9 cm³/mol. The maximum absolute atomic E-state index is 13.0. The molecule has 0 saturated heterocycles. The maximum atomic E-state index is 13.0. The first-order valence-corrected chi connectivity index (χ1v) is 3.94. The average Bonchev–Trinajstić information content (AvgIpc) is 2.06. The monoisotopic (exact) mass is 186 g/mol. The number of nitrogens with zero attached hydrogens (tertiary/aromatic N) is 1. The summed E-state index contributed by atoms with van der Waals surface area (Å²) in [5.41, 5.74) is 3.18. The second-order valence-corrected chi connectivity index (χ2v) is 2.97. The Morgan fingerprint density at radius 1 is 1.31 bits per heavy atom. The molecule has 0 amide bonds. The Morgan fingerprint density at radius 2 is 2.00 bits per heavy atom. The summed E-state index contributed by atoms with van der Waals surface area (Å²) in [6.45, 7) is 0.288. The van der Waals surface area contributed by atoms with E-state index in [0.717, 1.165) is 12.1 Å². The van der Waals surface area contributed by atoms with Gasteiger partial charge in [0.1, 0.15) is 11.6 Å². The number of nitrogens with one attached hydrogen (secondary N) is 1. The SMILES string of the molecule is CN(C)NCc1cc(F)ccc1F. The van der Waals surface area contributed by atoms with Crippen LogP contribution >= 0.6 is 0 Å². The Labute approximate surface area is 76.1 Å². The van der Waals surface area contributed by atoms with Crippen molar-refractivity contribution in [3.05, 3.63) is 35.4 Å². The average molecular weight is 186 g/mol. The van der Waals surface area contributed by atoms with Gasteiger partial charge in [0.2, 0.25) is 0 Å². The molecule has 0 aliphatic carbocycles. The molecule has 0 aromatic heterocycles. The summed E-state index contributed by atoms with van der Waals surface area (Å²) < 4.78 is 25.7. The van der Waals surface area contributed by atoms with Crippen molar-refractivity contribution in [2.75, 3.05) is 14.1 Å². The molecule has 0 aliphatic heterocycles. The fourth-order valence-corrected chi connectivity index (χ4v) is 0.922. The number of hydrogen-bond donors (Lipinski definition) is 1. The molecule has 1 N–H and O–H groups in total. The number of benzene rings is 1. The summed E-state index contributed by atoms with van der Waals surface area (Å²) in [6.07, 6.45) is 0. The van der Waals surface area contributed by atoms with Crippen LogP contribution in [0, 0.1) is 11.6 Å². The molecule has 4 heteroatoms. The second-order valence-electron chi connectivity index (χ2n) is 2.97. The summed E-state index contributed by atoms with van der Waals surface area (Å²) in [6, 6.07) is 3.42. The van der Waals surface area contributed by atoms with Crippen LogP contribution < -0.4 is 5.43 Å². The van der Waals surface area contributed by atoms with E-state index in [9.17, 15) is 8.78 Å². The smallest absolute Gasteiger partial charge is 0.127 e. The van der Waals surface area contributed by atoms with Gasteiger partial charge >= 0.3 is 0 Å². The zero-order valence-corrected chi connectivity index (χ0v) is 7.64. The van der Waals surface area contributed by atoms with Crippen LogP contribution in [0.5, 0.6) is 0 Å². The van der Waals surface area contributed by atoms with E-state index >= 15 is 0 Å². The zero-order chi connectivity index (χ0) is 9.84. The van der Waals surface area contributed by atoms with E-state index in [0.29, 0.717) is 5.56 Å². The van der Waals surface area contributed by atoms with E-state index in [1.165, 1.54) is 6.07 Å². The lowest BCUT2D eigenvalue weighted by atomic mass is 10.2. The largest absolute Gasteiger partial charge is 0.251 e. The molecule has 0 bridgehead atoms. The molecule has 0 aliphatic rings. The molecule has 13 heavy (non-hydrogen) atoms. The van der Waals surface area contributed by atoms with Crippen LogP contribution in [0.15, 0.2) is 18.2 Å². The van der Waals surface area contributed by atoms with Crippen LogP contribution in [-0.2, 0) is 6.54 Å². The quantitative estimate of drug-likeness (QED) is 0.720. The van der Waals surface area contributed by atoms with E-state index in [1.807, 2.05) is 0 Å². The van der Waals surface area contributed by atoms with Crippen LogP contribution in [0.2, 0.25) is 0 Å². The van der Waals surface area contributed by atoms with Crippen molar-refractivity contribution >= 4 is 0 Å². The van der Waals surface area contributed by atoms with Gasteiger partial charge in [0.05, 0.1) is 0 Å². The van der Waals surface area contributed by atoms with Gasteiger partial charge in [-0.25, -0.2) is 8.78 Å². The van der Waals surface area contributed by atoms with Crippen molar-refractivity contribution < 1.29 is 8.78 Å². The van der Waals surface area contributed by atoms with Gasteiger partial charge in [0, 0.05) is 26.2 Å². The van der Waals surface area contributed by atoms with Crippen LogP contribution in [0.1, 0.15) is 5.56 Å². The topological polar surface area (TPSA) is 15.3 Å². The number of halogens is 2. The molecular weight excluding hydrogens is 174 g/mol. The minimum Gasteiger partial charge on any atom is -0.251 e. The van der Waals surface area contributed by atoms with Crippen molar-refractivity contribution in [2.45, 2.75) is 6.54 Å². The maximum Gasteiger partial charge on any atom is 0.127 e. The van der Waals surface area contributed by atoms with Gasteiger partial charge in [-0.2, -0.15) is 0 Å². The molecule has 2 nitrogen and oxygen atoms in total. The van der Waals surface area contributed by atoms with Crippen LogP contribution in [0.25, 0.3) is 0 Å². The predicted octanol–water partition coefficient (Wildman–Crippen LogP) is 1.53. The lowest BCUT2D eigenvalue weighted by molar-refractivity contribution is 0.283. The van der Waals surface area contributed by atoms with Gasteiger partial charge < -0.3 is 0 Å². The molecular formula is C9H12F2N2. The number of rotatable bonds is 3. The van der Waals surface area contributed by atoms with Gasteiger partial charge in [0.25, 0.3) is 0 Å². The van der Waals surface area contributed by atoms with Crippen LogP contribution in [0.4, 0.5) is 8.78 Å². The molecule has 0 spiro atoms. The molecule has 0 radical (unpaired) electrons. The van der Waals surface area contributed by atoms with Crippen LogP contribution in [0.3, 0.4) is 0 Å². The highest BCUT2D eigenvalue weighted by molar-refractivity contribution is 5.18. The third-order valence-corrected chi connectivity index (χ3v) is 1.59. The van der Waals surface area contributed by atoms with Crippen LogP contribution in [-0.4, -0.2) is 19.1 Å². The molecule has 0 unspecified atom stereocenters. The highest BCUT2D eigenvalue weighted by atomic mass is 19.1. The Balaban J connectivity index is 2.70. The van der Waals surface area contributed by atoms with E-state index in [4.69, 9.17) is 0 Å². The lowest BCUT2D eigenvalue weighted by Crippen LogP contribution is -2.29. The highest BCUT2D eigenvalue weighted by Crippen LogP contribution is 2.08. The molecule has 0 saturated carbocycles. The summed E-state index contributed by atoms with van der Waals surface area (Å²) >= 11 is 0. The summed E-state index contributed by atoms with van der Waals surface area (Å²) in [7, 11) is 3.58. The molecule has 1 rings (SSSR count). The first-order valence-electron chi connectivity index (χ1n) is 3.94. The van der Waals surface area contributed by atoms with Gasteiger partial charge in [-0.1, -0.05) is 0 Å². The molecule has 0 fully saturated rings. The number of hydrogen-bond acceptors (Lipinski definition) is 2. The summed E-state index contributed by atoms with van der Waals surface area (Å²) in [5.74, 6) is -0.812. The van der Waals surface area contributed by atoms with Gasteiger partial charge in [-0.15, -0.1) is 0 Å². The van der Waals surface area contributed by atoms with Crippen molar-refractivity contribution in [1.82, 2.24) is 10.4 Å². The third-order valence-electron chi connectivity index (χ3n) is 1.59. The summed E-state index contributed by atoms with van der Waals surface area (Å²) in [5, 5.41) is 1.68. The zero-order valence-electron chi connectivity index (χ0n) is 7.64. The minimum absolute atomic E-state index is 0.288. The summed E-state index contributed by atoms with van der Waals surface area (Å²) in [4.78, 5) is 0. The van der Waals surface area contributed by atoms with E-state index < -0.39 is 11.6 Å². The fraction of sp³-hybridized carbons (Fsp3) is 0.333. The highest BCUT2D eigenvalue weighted by Gasteiger charge is 2.03. The third kappa shape index (κ3) is 3.08. The van der Waals surface area contributed by atoms with Gasteiger partial charge in [-0.05, 0) is 18.2 Å². The lowest BCUT2D eigenvalue weighted by Gasteiger charge is -2.12. The molecule has 72 valence electrons. The second kappa shape index (κ2) is 4.30. The Hall–Kier alpha value is -1.00. The van der Waals surface area contributed by atoms with Crippen molar-refractivity contribution in [3.63, 3.8) is 0 Å². The molecule has 1 aromatic rings. The van der Waals surface area contributed by atoms with E-state index in [2.05, 4.69) is 5.43 Å². The molecule has 0 heterocycles. The number of hydrazine groups is 1. The Bertz CT molecular complexity index is 287. The Kier molecular flexibility index (Phi) is 3.33.